The number of nitrogens with one attached hydrogen (secondary N) is 1. The Morgan fingerprint density at radius 1 is 1.16 bits per heavy atom. The number of benzene rings is 2. The third kappa shape index (κ3) is 3.28. The highest BCUT2D eigenvalue weighted by Gasteiger charge is 2.26. The van der Waals surface area contributed by atoms with Gasteiger partial charge in [0.25, 0.3) is 5.91 Å². The van der Waals surface area contributed by atoms with E-state index in [0.717, 1.165) is 18.4 Å². The van der Waals surface area contributed by atoms with Gasteiger partial charge in [-0.2, -0.15) is 5.10 Å². The van der Waals surface area contributed by atoms with Crippen LogP contribution >= 0.6 is 11.6 Å². The number of rotatable bonds is 4. The zero-order chi connectivity index (χ0) is 17.4. The maximum atomic E-state index is 13.2. The van der Waals surface area contributed by atoms with Crippen LogP contribution in [0.25, 0.3) is 16.9 Å². The standard InChI is InChI=1S/C19H15ClFN3O/c20-15-3-1-2-4-17(15)24-18(19(25)22-14-9-10-14)11-16(23-24)12-5-7-13(21)8-6-12/h1-8,11,14H,9-10H2,(H,22,25). The second-order valence-corrected chi connectivity index (χ2v) is 6.44. The van der Waals surface area contributed by atoms with Crippen LogP contribution in [0.3, 0.4) is 0 Å². The normalized spacial score (nSPS) is 13.7. The average molecular weight is 356 g/mol. The van der Waals surface area contributed by atoms with Gasteiger partial charge in [0.2, 0.25) is 0 Å². The summed E-state index contributed by atoms with van der Waals surface area (Å²) in [6.07, 6.45) is 1.99. The van der Waals surface area contributed by atoms with Crippen molar-refractivity contribution in [2.75, 3.05) is 0 Å². The zero-order valence-corrected chi connectivity index (χ0v) is 14.0. The number of hydrogen-bond donors (Lipinski definition) is 1. The molecule has 1 saturated carbocycles. The quantitative estimate of drug-likeness (QED) is 0.761. The number of nitrogens with zero attached hydrogens (tertiary/aromatic N) is 2. The van der Waals surface area contributed by atoms with E-state index in [0.29, 0.717) is 22.1 Å². The molecule has 4 rings (SSSR count). The smallest absolute Gasteiger partial charge is 0.270 e. The molecule has 1 N–H and O–H groups in total. The summed E-state index contributed by atoms with van der Waals surface area (Å²) in [5.74, 6) is -0.510. The monoisotopic (exact) mass is 355 g/mol. The molecular formula is C19H15ClFN3O. The molecule has 0 saturated heterocycles. The van der Waals surface area contributed by atoms with Crippen molar-refractivity contribution in [2.45, 2.75) is 18.9 Å². The lowest BCUT2D eigenvalue weighted by Crippen LogP contribution is -2.27. The van der Waals surface area contributed by atoms with Gasteiger partial charge in [0.1, 0.15) is 11.5 Å². The number of carbonyl (C=O) groups excluding carboxylic acids is 1. The van der Waals surface area contributed by atoms with Crippen LogP contribution in [0, 0.1) is 5.82 Å². The average Bonchev–Trinajstić information content (AvgIpc) is 3.31. The molecule has 2 aromatic carbocycles. The Morgan fingerprint density at radius 3 is 2.56 bits per heavy atom. The topological polar surface area (TPSA) is 46.9 Å². The molecule has 0 spiro atoms. The van der Waals surface area contributed by atoms with E-state index in [4.69, 9.17) is 11.6 Å². The van der Waals surface area contributed by atoms with Crippen molar-refractivity contribution in [3.63, 3.8) is 0 Å². The van der Waals surface area contributed by atoms with Gasteiger partial charge >= 0.3 is 0 Å². The summed E-state index contributed by atoms with van der Waals surface area (Å²) in [7, 11) is 0. The molecule has 25 heavy (non-hydrogen) atoms. The van der Waals surface area contributed by atoms with E-state index in [9.17, 15) is 9.18 Å². The van der Waals surface area contributed by atoms with Crippen molar-refractivity contribution in [2.24, 2.45) is 0 Å². The summed E-state index contributed by atoms with van der Waals surface area (Å²) in [4.78, 5) is 12.6. The minimum absolute atomic E-state index is 0.191. The molecule has 1 amide bonds. The van der Waals surface area contributed by atoms with Crippen LogP contribution in [0.2, 0.25) is 5.02 Å². The van der Waals surface area contributed by atoms with E-state index < -0.39 is 0 Å². The van der Waals surface area contributed by atoms with Crippen LogP contribution in [0.15, 0.2) is 54.6 Å². The molecule has 126 valence electrons. The summed E-state index contributed by atoms with van der Waals surface area (Å²) in [6, 6.07) is 15.2. The number of amides is 1. The fraction of sp³-hybridized carbons (Fsp3) is 0.158. The van der Waals surface area contributed by atoms with E-state index in [2.05, 4.69) is 10.4 Å². The second-order valence-electron chi connectivity index (χ2n) is 6.03. The van der Waals surface area contributed by atoms with Gasteiger partial charge in [-0.05, 0) is 55.3 Å². The lowest BCUT2D eigenvalue weighted by molar-refractivity contribution is 0.0943. The van der Waals surface area contributed by atoms with E-state index >= 15 is 0 Å². The lowest BCUT2D eigenvalue weighted by atomic mass is 10.1. The number of halogens is 2. The fourth-order valence-electron chi connectivity index (χ4n) is 2.60. The van der Waals surface area contributed by atoms with Gasteiger partial charge in [-0.15, -0.1) is 0 Å². The minimum Gasteiger partial charge on any atom is -0.348 e. The maximum Gasteiger partial charge on any atom is 0.270 e. The van der Waals surface area contributed by atoms with Gasteiger partial charge < -0.3 is 5.32 Å². The Kier molecular flexibility index (Phi) is 4.01. The second kappa shape index (κ2) is 6.33. The van der Waals surface area contributed by atoms with Gasteiger partial charge in [-0.25, -0.2) is 9.07 Å². The third-order valence-corrected chi connectivity index (χ3v) is 4.39. The van der Waals surface area contributed by atoms with E-state index in [1.807, 2.05) is 12.1 Å². The SMILES string of the molecule is O=C(NC1CC1)c1cc(-c2ccc(F)cc2)nn1-c1ccccc1Cl. The molecular weight excluding hydrogens is 341 g/mol. The summed E-state index contributed by atoms with van der Waals surface area (Å²) >= 11 is 6.29. The van der Waals surface area contributed by atoms with Crippen molar-refractivity contribution < 1.29 is 9.18 Å². The predicted octanol–water partition coefficient (Wildman–Crippen LogP) is 4.22. The summed E-state index contributed by atoms with van der Waals surface area (Å²) in [6.45, 7) is 0. The Morgan fingerprint density at radius 2 is 1.88 bits per heavy atom. The summed E-state index contributed by atoms with van der Waals surface area (Å²) < 4.78 is 14.7. The predicted molar refractivity (Wildman–Crippen MR) is 94.5 cm³/mol. The Hall–Kier alpha value is -2.66. The van der Waals surface area contributed by atoms with E-state index in [1.54, 1.807) is 35.0 Å². The number of hydrogen-bond acceptors (Lipinski definition) is 2. The molecule has 6 heteroatoms. The first-order chi connectivity index (χ1) is 12.1. The number of aromatic nitrogens is 2. The first-order valence-corrected chi connectivity index (χ1v) is 8.41. The highest BCUT2D eigenvalue weighted by atomic mass is 35.5. The zero-order valence-electron chi connectivity index (χ0n) is 13.2. The molecule has 0 aliphatic heterocycles. The van der Waals surface area contributed by atoms with Crippen molar-refractivity contribution in [1.29, 1.82) is 0 Å². The molecule has 1 aliphatic carbocycles. The van der Waals surface area contributed by atoms with Gasteiger partial charge in [0.15, 0.2) is 0 Å². The molecule has 1 fully saturated rings. The first-order valence-electron chi connectivity index (χ1n) is 8.03. The van der Waals surface area contributed by atoms with E-state index in [-0.39, 0.29) is 17.8 Å². The molecule has 1 aromatic heterocycles. The van der Waals surface area contributed by atoms with Crippen molar-refractivity contribution in [3.8, 4) is 16.9 Å². The maximum absolute atomic E-state index is 13.2. The lowest BCUT2D eigenvalue weighted by Gasteiger charge is -2.09. The van der Waals surface area contributed by atoms with Crippen molar-refractivity contribution in [1.82, 2.24) is 15.1 Å². The van der Waals surface area contributed by atoms with Crippen LogP contribution < -0.4 is 5.32 Å². The van der Waals surface area contributed by atoms with Crippen LogP contribution in [0.5, 0.6) is 0 Å². The first kappa shape index (κ1) is 15.8. The molecule has 1 aliphatic rings. The molecule has 0 atom stereocenters. The molecule has 4 nitrogen and oxygen atoms in total. The molecule has 3 aromatic rings. The number of carbonyl (C=O) groups is 1. The highest BCUT2D eigenvalue weighted by molar-refractivity contribution is 6.32. The highest BCUT2D eigenvalue weighted by Crippen LogP contribution is 2.27. The minimum atomic E-state index is -0.319. The number of para-hydroxylation sites is 1. The molecule has 0 unspecified atom stereocenters. The van der Waals surface area contributed by atoms with Gasteiger partial charge in [-0.3, -0.25) is 4.79 Å². The summed E-state index contributed by atoms with van der Waals surface area (Å²) in [5, 5.41) is 8.01. The van der Waals surface area contributed by atoms with E-state index in [1.165, 1.54) is 12.1 Å². The third-order valence-electron chi connectivity index (χ3n) is 4.08. The molecule has 1 heterocycles. The van der Waals surface area contributed by atoms with Crippen LogP contribution in [-0.2, 0) is 0 Å². The van der Waals surface area contributed by atoms with Gasteiger partial charge in [0, 0.05) is 11.6 Å². The van der Waals surface area contributed by atoms with Crippen LogP contribution in [0.1, 0.15) is 23.3 Å². The largest absolute Gasteiger partial charge is 0.348 e. The van der Waals surface area contributed by atoms with Gasteiger partial charge in [0.05, 0.1) is 16.4 Å². The Bertz CT molecular complexity index is 932. The Labute approximate surface area is 149 Å². The van der Waals surface area contributed by atoms with Crippen molar-refractivity contribution in [3.05, 3.63) is 71.1 Å². The van der Waals surface area contributed by atoms with Crippen molar-refractivity contribution >= 4 is 17.5 Å². The van der Waals surface area contributed by atoms with Gasteiger partial charge in [-0.1, -0.05) is 23.7 Å². The van der Waals surface area contributed by atoms with Crippen LogP contribution in [-0.4, -0.2) is 21.7 Å². The molecule has 0 bridgehead atoms. The van der Waals surface area contributed by atoms with Crippen LogP contribution in [0.4, 0.5) is 4.39 Å². The summed E-state index contributed by atoms with van der Waals surface area (Å²) in [5.41, 5.74) is 2.34. The fourth-order valence-corrected chi connectivity index (χ4v) is 2.81. The molecule has 0 radical (unpaired) electrons. The Balaban J connectivity index is 1.81.